The Morgan fingerprint density at radius 2 is 2.00 bits per heavy atom. The average Bonchev–Trinajstić information content (AvgIpc) is 2.50. The van der Waals surface area contributed by atoms with Crippen LogP contribution in [-0.4, -0.2) is 40.1 Å². The van der Waals surface area contributed by atoms with Crippen molar-refractivity contribution in [2.45, 2.75) is 24.5 Å². The molecule has 0 aliphatic carbocycles. The normalized spacial score (nSPS) is 19.6. The molecule has 2 rings (SSSR count). The molecule has 1 aliphatic heterocycles. The standard InChI is InChI=1S/C15H22ClNO3/c1-17-14(15(19-3)6-8-20-9-7-15)11-4-5-12(16)13(10-11)18-2/h4-5,10,14,17H,6-9H2,1-3H3. The van der Waals surface area contributed by atoms with Crippen molar-refractivity contribution in [3.8, 4) is 5.75 Å². The molecule has 1 aromatic rings. The number of likely N-dealkylation sites (N-methyl/N-ethyl adjacent to an activating group) is 1. The van der Waals surface area contributed by atoms with Gasteiger partial charge in [-0.1, -0.05) is 17.7 Å². The van der Waals surface area contributed by atoms with Crippen LogP contribution in [0.2, 0.25) is 5.02 Å². The van der Waals surface area contributed by atoms with Crippen molar-refractivity contribution in [2.24, 2.45) is 0 Å². The van der Waals surface area contributed by atoms with Gasteiger partial charge in [-0.2, -0.15) is 0 Å². The van der Waals surface area contributed by atoms with Crippen molar-refractivity contribution in [3.05, 3.63) is 28.8 Å². The van der Waals surface area contributed by atoms with E-state index in [1.165, 1.54) is 0 Å². The van der Waals surface area contributed by atoms with Gasteiger partial charge in [-0.05, 0) is 24.7 Å². The number of hydrogen-bond donors (Lipinski definition) is 1. The molecule has 20 heavy (non-hydrogen) atoms. The van der Waals surface area contributed by atoms with Gasteiger partial charge in [0.1, 0.15) is 5.75 Å². The molecule has 0 spiro atoms. The van der Waals surface area contributed by atoms with Crippen molar-refractivity contribution in [2.75, 3.05) is 34.5 Å². The van der Waals surface area contributed by atoms with Crippen LogP contribution in [0, 0.1) is 0 Å². The van der Waals surface area contributed by atoms with E-state index in [9.17, 15) is 0 Å². The first-order valence-electron chi connectivity index (χ1n) is 6.80. The SMILES string of the molecule is CNC(c1ccc(Cl)c(OC)c1)C1(OC)CCOCC1. The van der Waals surface area contributed by atoms with Gasteiger partial charge >= 0.3 is 0 Å². The van der Waals surface area contributed by atoms with Gasteiger partial charge in [-0.3, -0.25) is 0 Å². The number of halogens is 1. The van der Waals surface area contributed by atoms with Crippen molar-refractivity contribution in [1.29, 1.82) is 0 Å². The Balaban J connectivity index is 2.35. The summed E-state index contributed by atoms with van der Waals surface area (Å²) in [5, 5.41) is 3.99. The maximum absolute atomic E-state index is 6.10. The third-order valence-electron chi connectivity index (χ3n) is 4.07. The third-order valence-corrected chi connectivity index (χ3v) is 4.38. The molecule has 5 heteroatoms. The lowest BCUT2D eigenvalue weighted by molar-refractivity contribution is -0.110. The minimum Gasteiger partial charge on any atom is -0.495 e. The highest BCUT2D eigenvalue weighted by molar-refractivity contribution is 6.32. The molecule has 1 fully saturated rings. The van der Waals surface area contributed by atoms with E-state index in [-0.39, 0.29) is 11.6 Å². The Morgan fingerprint density at radius 1 is 1.30 bits per heavy atom. The molecule has 1 heterocycles. The van der Waals surface area contributed by atoms with Gasteiger partial charge in [0, 0.05) is 33.2 Å². The van der Waals surface area contributed by atoms with Gasteiger partial charge in [0.15, 0.2) is 0 Å². The van der Waals surface area contributed by atoms with Crippen LogP contribution in [0.5, 0.6) is 5.75 Å². The zero-order valence-corrected chi connectivity index (χ0v) is 13.0. The number of hydrogen-bond acceptors (Lipinski definition) is 4. The van der Waals surface area contributed by atoms with E-state index < -0.39 is 0 Å². The minimum atomic E-state index is -0.258. The predicted octanol–water partition coefficient (Wildman–Crippen LogP) is 2.80. The Kier molecular flexibility index (Phi) is 5.27. The molecule has 1 aliphatic rings. The van der Waals surface area contributed by atoms with E-state index in [2.05, 4.69) is 5.32 Å². The van der Waals surface area contributed by atoms with Crippen LogP contribution in [0.25, 0.3) is 0 Å². The van der Waals surface area contributed by atoms with Crippen LogP contribution >= 0.6 is 11.6 Å². The van der Waals surface area contributed by atoms with Crippen molar-refractivity contribution in [3.63, 3.8) is 0 Å². The summed E-state index contributed by atoms with van der Waals surface area (Å²) < 4.78 is 16.7. The molecule has 0 radical (unpaired) electrons. The van der Waals surface area contributed by atoms with E-state index >= 15 is 0 Å². The summed E-state index contributed by atoms with van der Waals surface area (Å²) in [7, 11) is 5.34. The van der Waals surface area contributed by atoms with Crippen LogP contribution in [-0.2, 0) is 9.47 Å². The fourth-order valence-corrected chi connectivity index (χ4v) is 3.11. The van der Waals surface area contributed by atoms with Crippen molar-refractivity contribution in [1.82, 2.24) is 5.32 Å². The third kappa shape index (κ3) is 2.93. The van der Waals surface area contributed by atoms with E-state index in [0.29, 0.717) is 10.8 Å². The Morgan fingerprint density at radius 3 is 2.55 bits per heavy atom. The summed E-state index contributed by atoms with van der Waals surface area (Å²) in [6.45, 7) is 1.44. The lowest BCUT2D eigenvalue weighted by Gasteiger charge is -2.42. The topological polar surface area (TPSA) is 39.7 Å². The zero-order chi connectivity index (χ0) is 14.6. The summed E-state index contributed by atoms with van der Waals surface area (Å²) >= 11 is 6.10. The molecular weight excluding hydrogens is 278 g/mol. The summed E-state index contributed by atoms with van der Waals surface area (Å²) in [6.07, 6.45) is 1.72. The van der Waals surface area contributed by atoms with E-state index in [4.69, 9.17) is 25.8 Å². The van der Waals surface area contributed by atoms with E-state index in [0.717, 1.165) is 31.6 Å². The van der Waals surface area contributed by atoms with Gasteiger partial charge < -0.3 is 19.5 Å². The van der Waals surface area contributed by atoms with Crippen molar-refractivity contribution < 1.29 is 14.2 Å². The van der Waals surface area contributed by atoms with E-state index in [1.807, 2.05) is 25.2 Å². The number of methoxy groups -OCH3 is 2. The molecule has 0 bridgehead atoms. The molecule has 1 unspecified atom stereocenters. The average molecular weight is 300 g/mol. The molecule has 0 saturated carbocycles. The monoisotopic (exact) mass is 299 g/mol. The number of nitrogens with one attached hydrogen (secondary N) is 1. The number of ether oxygens (including phenoxy) is 3. The van der Waals surface area contributed by atoms with Crippen molar-refractivity contribution >= 4 is 11.6 Å². The van der Waals surface area contributed by atoms with Crippen LogP contribution in [0.15, 0.2) is 18.2 Å². The maximum atomic E-state index is 6.10. The maximum Gasteiger partial charge on any atom is 0.137 e. The molecule has 1 atom stereocenters. The molecule has 1 saturated heterocycles. The van der Waals surface area contributed by atoms with Crippen LogP contribution < -0.4 is 10.1 Å². The first kappa shape index (κ1) is 15.6. The first-order chi connectivity index (χ1) is 9.66. The zero-order valence-electron chi connectivity index (χ0n) is 12.2. The molecule has 0 aromatic heterocycles. The smallest absolute Gasteiger partial charge is 0.137 e. The Bertz CT molecular complexity index is 447. The van der Waals surface area contributed by atoms with E-state index in [1.54, 1.807) is 14.2 Å². The summed E-state index contributed by atoms with van der Waals surface area (Å²) in [4.78, 5) is 0. The van der Waals surface area contributed by atoms with Gasteiger partial charge in [0.2, 0.25) is 0 Å². The van der Waals surface area contributed by atoms with Gasteiger partial charge in [-0.15, -0.1) is 0 Å². The second-order valence-corrected chi connectivity index (χ2v) is 5.40. The van der Waals surface area contributed by atoms with Crippen LogP contribution in [0.4, 0.5) is 0 Å². The second kappa shape index (κ2) is 6.76. The Hall–Kier alpha value is -0.810. The second-order valence-electron chi connectivity index (χ2n) is 5.00. The van der Waals surface area contributed by atoms with Gasteiger partial charge in [0.25, 0.3) is 0 Å². The largest absolute Gasteiger partial charge is 0.495 e. The molecular formula is C15H22ClNO3. The summed E-state index contributed by atoms with van der Waals surface area (Å²) in [5.41, 5.74) is 0.851. The number of benzene rings is 1. The molecule has 0 amide bonds. The first-order valence-corrected chi connectivity index (χ1v) is 7.18. The molecule has 4 nitrogen and oxygen atoms in total. The Labute approximate surface area is 125 Å². The summed E-state index contributed by atoms with van der Waals surface area (Å²) in [5.74, 6) is 0.683. The quantitative estimate of drug-likeness (QED) is 0.907. The fourth-order valence-electron chi connectivity index (χ4n) is 2.92. The van der Waals surface area contributed by atoms with Gasteiger partial charge in [-0.25, -0.2) is 0 Å². The van der Waals surface area contributed by atoms with Crippen LogP contribution in [0.3, 0.4) is 0 Å². The predicted molar refractivity (Wildman–Crippen MR) is 79.6 cm³/mol. The van der Waals surface area contributed by atoms with Gasteiger partial charge in [0.05, 0.1) is 23.8 Å². The lowest BCUT2D eigenvalue weighted by atomic mass is 9.82. The fraction of sp³-hybridized carbons (Fsp3) is 0.600. The highest BCUT2D eigenvalue weighted by Crippen LogP contribution is 2.39. The highest BCUT2D eigenvalue weighted by Gasteiger charge is 2.41. The summed E-state index contributed by atoms with van der Waals surface area (Å²) in [6, 6.07) is 5.92. The van der Waals surface area contributed by atoms with Crippen LogP contribution in [0.1, 0.15) is 24.4 Å². The lowest BCUT2D eigenvalue weighted by Crippen LogP contribution is -2.48. The minimum absolute atomic E-state index is 0.0718. The molecule has 112 valence electrons. The highest BCUT2D eigenvalue weighted by atomic mass is 35.5. The molecule has 1 N–H and O–H groups in total. The molecule has 1 aromatic carbocycles. The number of rotatable bonds is 5.